The minimum Gasteiger partial charge on any atom is -0.481 e. The molecule has 0 radical (unpaired) electrons. The number of hydrogen-bond donors (Lipinski definition) is 1. The van der Waals surface area contributed by atoms with Crippen LogP contribution < -0.4 is 0 Å². The molecule has 22 heavy (non-hydrogen) atoms. The van der Waals surface area contributed by atoms with E-state index in [-0.39, 0.29) is 17.6 Å². The highest BCUT2D eigenvalue weighted by molar-refractivity contribution is 5.98. The fourth-order valence-electron chi connectivity index (χ4n) is 3.74. The minimum atomic E-state index is -0.786. The second kappa shape index (κ2) is 6.64. The fourth-order valence-corrected chi connectivity index (χ4v) is 3.74. The summed E-state index contributed by atoms with van der Waals surface area (Å²) in [6, 6.07) is 4.01. The smallest absolute Gasteiger partial charge is 0.303 e. The standard InChI is InChI=1S/C19H26O3/c1-13-9-15(3)16(10-14(13)2)17(20)11-19(12-18(21)22)7-5-4-6-8-19/h9-10H,4-8,11-12H2,1-3H3,(H,21,22). The third-order valence-electron chi connectivity index (χ3n) is 5.12. The van der Waals surface area contributed by atoms with Crippen molar-refractivity contribution in [1.82, 2.24) is 0 Å². The Hall–Kier alpha value is -1.64. The van der Waals surface area contributed by atoms with Crippen molar-refractivity contribution in [2.24, 2.45) is 5.41 Å². The van der Waals surface area contributed by atoms with Gasteiger partial charge in [-0.25, -0.2) is 0 Å². The molecule has 0 aliphatic heterocycles. The Balaban J connectivity index is 2.24. The van der Waals surface area contributed by atoms with Crippen molar-refractivity contribution in [1.29, 1.82) is 0 Å². The van der Waals surface area contributed by atoms with Crippen LogP contribution in [0.1, 0.15) is 72.0 Å². The Labute approximate surface area is 132 Å². The van der Waals surface area contributed by atoms with Crippen molar-refractivity contribution in [2.45, 2.75) is 65.7 Å². The summed E-state index contributed by atoms with van der Waals surface area (Å²) in [4.78, 5) is 24.0. The molecule has 2 rings (SSSR count). The van der Waals surface area contributed by atoms with E-state index in [0.717, 1.165) is 48.8 Å². The number of hydrogen-bond acceptors (Lipinski definition) is 2. The van der Waals surface area contributed by atoms with Crippen LogP contribution in [0.5, 0.6) is 0 Å². The molecule has 1 aliphatic carbocycles. The highest BCUT2D eigenvalue weighted by Crippen LogP contribution is 2.43. The van der Waals surface area contributed by atoms with Crippen LogP contribution in [0.2, 0.25) is 0 Å². The normalized spacial score (nSPS) is 17.2. The summed E-state index contributed by atoms with van der Waals surface area (Å²) in [5.41, 5.74) is 3.72. The van der Waals surface area contributed by atoms with Gasteiger partial charge in [-0.05, 0) is 61.8 Å². The zero-order chi connectivity index (χ0) is 16.3. The Morgan fingerprint density at radius 3 is 2.14 bits per heavy atom. The number of benzene rings is 1. The van der Waals surface area contributed by atoms with Gasteiger partial charge in [0, 0.05) is 12.0 Å². The largest absolute Gasteiger partial charge is 0.481 e. The molecule has 1 aromatic rings. The molecule has 0 amide bonds. The van der Waals surface area contributed by atoms with Crippen molar-refractivity contribution < 1.29 is 14.7 Å². The first-order chi connectivity index (χ1) is 10.3. The molecule has 1 N–H and O–H groups in total. The summed E-state index contributed by atoms with van der Waals surface area (Å²) in [6.07, 6.45) is 5.41. The molecule has 0 heterocycles. The number of carbonyl (C=O) groups is 2. The third kappa shape index (κ3) is 3.76. The van der Waals surface area contributed by atoms with Crippen LogP contribution in [0.4, 0.5) is 0 Å². The van der Waals surface area contributed by atoms with Gasteiger partial charge in [-0.2, -0.15) is 0 Å². The highest BCUT2D eigenvalue weighted by atomic mass is 16.4. The van der Waals surface area contributed by atoms with Gasteiger partial charge in [0.05, 0.1) is 6.42 Å². The molecule has 0 spiro atoms. The monoisotopic (exact) mass is 302 g/mol. The van der Waals surface area contributed by atoms with E-state index in [1.54, 1.807) is 0 Å². The summed E-state index contributed by atoms with van der Waals surface area (Å²) in [7, 11) is 0. The Morgan fingerprint density at radius 2 is 1.55 bits per heavy atom. The van der Waals surface area contributed by atoms with Gasteiger partial charge in [0.1, 0.15) is 0 Å². The van der Waals surface area contributed by atoms with E-state index in [9.17, 15) is 14.7 Å². The van der Waals surface area contributed by atoms with Crippen LogP contribution in [0.15, 0.2) is 12.1 Å². The average molecular weight is 302 g/mol. The molecule has 1 saturated carbocycles. The maximum Gasteiger partial charge on any atom is 0.303 e. The van der Waals surface area contributed by atoms with Crippen LogP contribution >= 0.6 is 0 Å². The van der Waals surface area contributed by atoms with E-state index in [1.165, 1.54) is 5.56 Å². The lowest BCUT2D eigenvalue weighted by atomic mass is 9.68. The number of Topliss-reactive ketones (excluding diaryl/α,β-unsaturated/α-hetero) is 1. The lowest BCUT2D eigenvalue weighted by Crippen LogP contribution is -2.30. The van der Waals surface area contributed by atoms with Crippen molar-refractivity contribution >= 4 is 11.8 Å². The SMILES string of the molecule is Cc1cc(C)c(C(=O)CC2(CC(=O)O)CCCCC2)cc1C. The number of aryl methyl sites for hydroxylation is 3. The van der Waals surface area contributed by atoms with Gasteiger partial charge >= 0.3 is 5.97 Å². The minimum absolute atomic E-state index is 0.101. The van der Waals surface area contributed by atoms with Crippen LogP contribution in [-0.4, -0.2) is 16.9 Å². The molecule has 3 nitrogen and oxygen atoms in total. The number of carbonyl (C=O) groups excluding carboxylic acids is 1. The number of carboxylic acid groups (broad SMARTS) is 1. The first-order valence-electron chi connectivity index (χ1n) is 8.16. The van der Waals surface area contributed by atoms with Gasteiger partial charge in [0.25, 0.3) is 0 Å². The van der Waals surface area contributed by atoms with Crippen LogP contribution in [0.3, 0.4) is 0 Å². The zero-order valence-electron chi connectivity index (χ0n) is 13.9. The van der Waals surface area contributed by atoms with Crippen LogP contribution in [-0.2, 0) is 4.79 Å². The highest BCUT2D eigenvalue weighted by Gasteiger charge is 2.36. The molecule has 3 heteroatoms. The quantitative estimate of drug-likeness (QED) is 0.808. The van der Waals surface area contributed by atoms with Gasteiger partial charge < -0.3 is 5.11 Å². The number of ketones is 1. The van der Waals surface area contributed by atoms with Crippen LogP contribution in [0, 0.1) is 26.2 Å². The predicted molar refractivity (Wildman–Crippen MR) is 87.4 cm³/mol. The molecule has 0 atom stereocenters. The lowest BCUT2D eigenvalue weighted by molar-refractivity contribution is -0.140. The fraction of sp³-hybridized carbons (Fsp3) is 0.579. The number of carboxylic acids is 1. The second-order valence-corrected chi connectivity index (χ2v) is 6.98. The Bertz CT molecular complexity index is 581. The number of rotatable bonds is 5. The van der Waals surface area contributed by atoms with Crippen LogP contribution in [0.25, 0.3) is 0 Å². The van der Waals surface area contributed by atoms with E-state index < -0.39 is 5.97 Å². The molecule has 0 unspecified atom stereocenters. The molecule has 1 fully saturated rings. The summed E-state index contributed by atoms with van der Waals surface area (Å²) in [5.74, 6) is -0.685. The van der Waals surface area contributed by atoms with Gasteiger partial charge in [0.15, 0.2) is 5.78 Å². The van der Waals surface area contributed by atoms with Gasteiger partial charge in [-0.15, -0.1) is 0 Å². The van der Waals surface area contributed by atoms with Gasteiger partial charge in [0.2, 0.25) is 0 Å². The predicted octanol–water partition coefficient (Wildman–Crippen LogP) is 4.61. The third-order valence-corrected chi connectivity index (χ3v) is 5.12. The van der Waals surface area contributed by atoms with Crippen molar-refractivity contribution in [2.75, 3.05) is 0 Å². The van der Waals surface area contributed by atoms with Gasteiger partial charge in [-0.3, -0.25) is 9.59 Å². The lowest BCUT2D eigenvalue weighted by Gasteiger charge is -2.35. The molecule has 1 aromatic carbocycles. The van der Waals surface area contributed by atoms with Crippen molar-refractivity contribution in [3.8, 4) is 0 Å². The first-order valence-corrected chi connectivity index (χ1v) is 8.16. The van der Waals surface area contributed by atoms with Gasteiger partial charge in [-0.1, -0.05) is 25.3 Å². The van der Waals surface area contributed by atoms with E-state index >= 15 is 0 Å². The van der Waals surface area contributed by atoms with E-state index in [2.05, 4.69) is 0 Å². The zero-order valence-corrected chi connectivity index (χ0v) is 13.9. The van der Waals surface area contributed by atoms with E-state index in [4.69, 9.17) is 0 Å². The Morgan fingerprint density at radius 1 is 0.955 bits per heavy atom. The summed E-state index contributed by atoms with van der Waals surface area (Å²) in [6.45, 7) is 6.02. The molecular weight excluding hydrogens is 276 g/mol. The van der Waals surface area contributed by atoms with Crippen molar-refractivity contribution in [3.05, 3.63) is 34.4 Å². The maximum atomic E-state index is 12.8. The summed E-state index contributed by atoms with van der Waals surface area (Å²) in [5, 5.41) is 9.24. The topological polar surface area (TPSA) is 54.4 Å². The second-order valence-electron chi connectivity index (χ2n) is 6.98. The Kier molecular flexibility index (Phi) is 5.05. The summed E-state index contributed by atoms with van der Waals surface area (Å²) >= 11 is 0. The average Bonchev–Trinajstić information content (AvgIpc) is 2.42. The summed E-state index contributed by atoms with van der Waals surface area (Å²) < 4.78 is 0. The molecular formula is C19H26O3. The molecule has 120 valence electrons. The van der Waals surface area contributed by atoms with Crippen molar-refractivity contribution in [3.63, 3.8) is 0 Å². The van der Waals surface area contributed by atoms with E-state index in [1.807, 2.05) is 32.9 Å². The molecule has 0 aromatic heterocycles. The molecule has 0 saturated heterocycles. The first kappa shape index (κ1) is 16.7. The maximum absolute atomic E-state index is 12.8. The molecule has 0 bridgehead atoms. The molecule has 1 aliphatic rings. The number of aliphatic carboxylic acids is 1. The van der Waals surface area contributed by atoms with E-state index in [0.29, 0.717) is 6.42 Å².